The van der Waals surface area contributed by atoms with E-state index >= 15 is 0 Å². The number of hydrogen-bond donors (Lipinski definition) is 2. The van der Waals surface area contributed by atoms with Crippen molar-refractivity contribution in [2.75, 3.05) is 0 Å². The van der Waals surface area contributed by atoms with Crippen molar-refractivity contribution in [3.63, 3.8) is 0 Å². The zero-order chi connectivity index (χ0) is 13.7. The van der Waals surface area contributed by atoms with Crippen molar-refractivity contribution in [2.24, 2.45) is 17.6 Å². The molecule has 2 aliphatic carbocycles. The molecule has 2 aliphatic rings. The van der Waals surface area contributed by atoms with E-state index in [0.29, 0.717) is 24.4 Å². The van der Waals surface area contributed by atoms with Crippen LogP contribution in [0.5, 0.6) is 0 Å². The first-order valence-corrected chi connectivity index (χ1v) is 8.22. The molecule has 3 heteroatoms. The highest BCUT2D eigenvalue weighted by Crippen LogP contribution is 2.28. The molecule has 0 radical (unpaired) electrons. The topological polar surface area (TPSA) is 55.1 Å². The molecule has 1 amide bonds. The number of amides is 1. The molecule has 0 bridgehead atoms. The van der Waals surface area contributed by atoms with Gasteiger partial charge in [0, 0.05) is 18.5 Å². The SMILES string of the molecule is CCC1CCC(NC(=O)CC2CCCC(N)C2)CC1. The van der Waals surface area contributed by atoms with Gasteiger partial charge in [-0.25, -0.2) is 0 Å². The monoisotopic (exact) mass is 266 g/mol. The van der Waals surface area contributed by atoms with Crippen molar-refractivity contribution >= 4 is 5.91 Å². The summed E-state index contributed by atoms with van der Waals surface area (Å²) in [5.74, 6) is 1.68. The molecule has 0 heterocycles. The highest BCUT2D eigenvalue weighted by Gasteiger charge is 2.24. The number of hydrogen-bond acceptors (Lipinski definition) is 2. The fourth-order valence-corrected chi connectivity index (χ4v) is 3.78. The Morgan fingerprint density at radius 3 is 2.47 bits per heavy atom. The third-order valence-electron chi connectivity index (χ3n) is 5.09. The minimum atomic E-state index is 0.263. The molecule has 0 aromatic heterocycles. The third kappa shape index (κ3) is 4.79. The Morgan fingerprint density at radius 1 is 1.11 bits per heavy atom. The normalized spacial score (nSPS) is 35.9. The fraction of sp³-hybridized carbons (Fsp3) is 0.938. The molecule has 19 heavy (non-hydrogen) atoms. The maximum atomic E-state index is 12.1. The van der Waals surface area contributed by atoms with Crippen LogP contribution in [0.25, 0.3) is 0 Å². The molecule has 2 unspecified atom stereocenters. The summed E-state index contributed by atoms with van der Waals surface area (Å²) in [6.45, 7) is 2.27. The summed E-state index contributed by atoms with van der Waals surface area (Å²) in [6.07, 6.45) is 11.5. The van der Waals surface area contributed by atoms with Gasteiger partial charge in [-0.2, -0.15) is 0 Å². The molecule has 3 N–H and O–H groups in total. The molecule has 0 spiro atoms. The van der Waals surface area contributed by atoms with Gasteiger partial charge in [-0.05, 0) is 56.8 Å². The van der Waals surface area contributed by atoms with Gasteiger partial charge in [-0.3, -0.25) is 4.79 Å². The van der Waals surface area contributed by atoms with Gasteiger partial charge in [0.1, 0.15) is 0 Å². The minimum absolute atomic E-state index is 0.263. The first-order chi connectivity index (χ1) is 9.17. The second kappa shape index (κ2) is 7.28. The van der Waals surface area contributed by atoms with Crippen LogP contribution in [0.15, 0.2) is 0 Å². The number of carbonyl (C=O) groups is 1. The molecule has 2 saturated carbocycles. The third-order valence-corrected chi connectivity index (χ3v) is 5.09. The molecule has 0 aromatic carbocycles. The Hall–Kier alpha value is -0.570. The van der Waals surface area contributed by atoms with Crippen molar-refractivity contribution < 1.29 is 4.79 Å². The van der Waals surface area contributed by atoms with E-state index in [1.165, 1.54) is 44.9 Å². The maximum Gasteiger partial charge on any atom is 0.220 e. The second-order valence-corrected chi connectivity index (χ2v) is 6.69. The molecule has 2 rings (SSSR count). The van der Waals surface area contributed by atoms with E-state index in [9.17, 15) is 4.79 Å². The lowest BCUT2D eigenvalue weighted by molar-refractivity contribution is -0.123. The quantitative estimate of drug-likeness (QED) is 0.822. The van der Waals surface area contributed by atoms with Gasteiger partial charge >= 0.3 is 0 Å². The predicted molar refractivity (Wildman–Crippen MR) is 78.7 cm³/mol. The zero-order valence-electron chi connectivity index (χ0n) is 12.4. The van der Waals surface area contributed by atoms with E-state index < -0.39 is 0 Å². The zero-order valence-corrected chi connectivity index (χ0v) is 12.4. The van der Waals surface area contributed by atoms with Crippen molar-refractivity contribution in [3.8, 4) is 0 Å². The average molecular weight is 266 g/mol. The first-order valence-electron chi connectivity index (χ1n) is 8.22. The van der Waals surface area contributed by atoms with Crippen LogP contribution in [0.2, 0.25) is 0 Å². The van der Waals surface area contributed by atoms with Crippen LogP contribution in [0.3, 0.4) is 0 Å². The van der Waals surface area contributed by atoms with E-state index in [2.05, 4.69) is 12.2 Å². The van der Waals surface area contributed by atoms with Gasteiger partial charge in [0.15, 0.2) is 0 Å². The Morgan fingerprint density at radius 2 is 1.84 bits per heavy atom. The van der Waals surface area contributed by atoms with Crippen LogP contribution in [-0.2, 0) is 4.79 Å². The largest absolute Gasteiger partial charge is 0.353 e. The highest BCUT2D eigenvalue weighted by atomic mass is 16.1. The van der Waals surface area contributed by atoms with Gasteiger partial charge in [-0.1, -0.05) is 19.8 Å². The number of carbonyl (C=O) groups excluding carboxylic acids is 1. The molecule has 2 atom stereocenters. The summed E-state index contributed by atoms with van der Waals surface area (Å²) in [4.78, 5) is 12.1. The van der Waals surface area contributed by atoms with E-state index in [0.717, 1.165) is 18.8 Å². The summed E-state index contributed by atoms with van der Waals surface area (Å²) in [5.41, 5.74) is 5.98. The predicted octanol–water partition coefficient (Wildman–Crippen LogP) is 2.98. The van der Waals surface area contributed by atoms with E-state index in [4.69, 9.17) is 5.73 Å². The Labute approximate surface area is 117 Å². The lowest BCUT2D eigenvalue weighted by atomic mass is 9.83. The van der Waals surface area contributed by atoms with Crippen LogP contribution in [0.4, 0.5) is 0 Å². The molecule has 0 aromatic rings. The molecule has 3 nitrogen and oxygen atoms in total. The van der Waals surface area contributed by atoms with Crippen molar-refractivity contribution in [1.82, 2.24) is 5.32 Å². The first kappa shape index (κ1) is 14.8. The fourth-order valence-electron chi connectivity index (χ4n) is 3.78. The molecule has 0 aliphatic heterocycles. The van der Waals surface area contributed by atoms with E-state index in [1.54, 1.807) is 0 Å². The molecular weight excluding hydrogens is 236 g/mol. The smallest absolute Gasteiger partial charge is 0.220 e. The van der Waals surface area contributed by atoms with Gasteiger partial charge in [-0.15, -0.1) is 0 Å². The summed E-state index contributed by atoms with van der Waals surface area (Å²) < 4.78 is 0. The summed E-state index contributed by atoms with van der Waals surface area (Å²) in [6, 6.07) is 0.763. The molecular formula is C16H30N2O. The van der Waals surface area contributed by atoms with Crippen LogP contribution < -0.4 is 11.1 Å². The number of rotatable bonds is 4. The molecule has 110 valence electrons. The second-order valence-electron chi connectivity index (χ2n) is 6.69. The van der Waals surface area contributed by atoms with Crippen LogP contribution >= 0.6 is 0 Å². The Bertz CT molecular complexity index is 284. The molecule has 2 fully saturated rings. The molecule has 0 saturated heterocycles. The lowest BCUT2D eigenvalue weighted by Crippen LogP contribution is -2.39. The number of nitrogens with one attached hydrogen (secondary N) is 1. The number of nitrogens with two attached hydrogens (primary N) is 1. The Balaban J connectivity index is 1.67. The van der Waals surface area contributed by atoms with Crippen LogP contribution in [-0.4, -0.2) is 18.0 Å². The minimum Gasteiger partial charge on any atom is -0.353 e. The van der Waals surface area contributed by atoms with Gasteiger partial charge in [0.25, 0.3) is 0 Å². The lowest BCUT2D eigenvalue weighted by Gasteiger charge is -2.30. The standard InChI is InChI=1S/C16H30N2O/c1-2-12-6-8-15(9-7-12)18-16(19)11-13-4-3-5-14(17)10-13/h12-15H,2-11,17H2,1H3,(H,18,19). The highest BCUT2D eigenvalue weighted by molar-refractivity contribution is 5.76. The van der Waals surface area contributed by atoms with Gasteiger partial charge in [0.2, 0.25) is 5.91 Å². The van der Waals surface area contributed by atoms with Gasteiger partial charge in [0.05, 0.1) is 0 Å². The van der Waals surface area contributed by atoms with E-state index in [-0.39, 0.29) is 5.91 Å². The van der Waals surface area contributed by atoms with Gasteiger partial charge < -0.3 is 11.1 Å². The van der Waals surface area contributed by atoms with Crippen LogP contribution in [0.1, 0.15) is 71.1 Å². The van der Waals surface area contributed by atoms with Crippen molar-refractivity contribution in [1.29, 1.82) is 0 Å². The maximum absolute atomic E-state index is 12.1. The summed E-state index contributed by atoms with van der Waals surface area (Å²) in [5, 5.41) is 3.25. The summed E-state index contributed by atoms with van der Waals surface area (Å²) >= 11 is 0. The van der Waals surface area contributed by atoms with Crippen molar-refractivity contribution in [2.45, 2.75) is 83.2 Å². The summed E-state index contributed by atoms with van der Waals surface area (Å²) in [7, 11) is 0. The van der Waals surface area contributed by atoms with Crippen molar-refractivity contribution in [3.05, 3.63) is 0 Å². The van der Waals surface area contributed by atoms with E-state index in [1.807, 2.05) is 0 Å². The average Bonchev–Trinajstić information content (AvgIpc) is 2.39. The van der Waals surface area contributed by atoms with Crippen LogP contribution in [0, 0.1) is 11.8 Å². The Kier molecular flexibility index (Phi) is 5.68.